The third-order valence-electron chi connectivity index (χ3n) is 4.56. The predicted molar refractivity (Wildman–Crippen MR) is 114 cm³/mol. The highest BCUT2D eigenvalue weighted by Crippen LogP contribution is 2.23. The summed E-state index contributed by atoms with van der Waals surface area (Å²) in [7, 11) is -3.86. The Kier molecular flexibility index (Phi) is 6.03. The molecule has 0 saturated heterocycles. The first-order chi connectivity index (χ1) is 13.7. The highest BCUT2D eigenvalue weighted by Gasteiger charge is 2.18. The van der Waals surface area contributed by atoms with E-state index in [4.69, 9.17) is 0 Å². The van der Waals surface area contributed by atoms with Crippen LogP contribution in [0.15, 0.2) is 71.6 Å². The summed E-state index contributed by atoms with van der Waals surface area (Å²) in [5.41, 5.74) is 3.56. The molecule has 0 heterocycles. The highest BCUT2D eigenvalue weighted by molar-refractivity contribution is 7.92. The molecule has 0 unspecified atom stereocenters. The molecule has 0 atom stereocenters. The van der Waals surface area contributed by atoms with Crippen molar-refractivity contribution in [1.29, 1.82) is 0 Å². The van der Waals surface area contributed by atoms with Crippen molar-refractivity contribution in [3.8, 4) is 5.75 Å². The zero-order valence-corrected chi connectivity index (χ0v) is 17.2. The highest BCUT2D eigenvalue weighted by atomic mass is 32.2. The third-order valence-corrected chi connectivity index (χ3v) is 6.09. The Morgan fingerprint density at radius 2 is 1.55 bits per heavy atom. The van der Waals surface area contributed by atoms with Gasteiger partial charge in [0.25, 0.3) is 10.0 Å². The van der Waals surface area contributed by atoms with Crippen molar-refractivity contribution in [2.45, 2.75) is 31.6 Å². The summed E-state index contributed by atoms with van der Waals surface area (Å²) < 4.78 is 28.1. The molecular formula is C23H23NO4S. The van der Waals surface area contributed by atoms with Gasteiger partial charge in [-0.25, -0.2) is 8.42 Å². The van der Waals surface area contributed by atoms with E-state index < -0.39 is 10.0 Å². The fourth-order valence-corrected chi connectivity index (χ4v) is 4.39. The lowest BCUT2D eigenvalue weighted by molar-refractivity contribution is -0.117. The first-order valence-electron chi connectivity index (χ1n) is 9.21. The summed E-state index contributed by atoms with van der Waals surface area (Å²) in [5.74, 6) is -0.0145. The van der Waals surface area contributed by atoms with E-state index in [-0.39, 0.29) is 28.5 Å². The minimum atomic E-state index is -3.86. The molecule has 3 aromatic rings. The van der Waals surface area contributed by atoms with Crippen molar-refractivity contribution < 1.29 is 18.3 Å². The molecule has 150 valence electrons. The van der Waals surface area contributed by atoms with Gasteiger partial charge < -0.3 is 5.11 Å². The monoisotopic (exact) mass is 409 g/mol. The van der Waals surface area contributed by atoms with Gasteiger partial charge in [-0.05, 0) is 48.7 Å². The van der Waals surface area contributed by atoms with Crippen LogP contribution < -0.4 is 4.72 Å². The quantitative estimate of drug-likeness (QED) is 0.614. The van der Waals surface area contributed by atoms with E-state index in [0.717, 1.165) is 11.1 Å². The molecule has 5 nitrogen and oxygen atoms in total. The SMILES string of the molecule is Cc1ccc(CC(=O)Cc2ccc(C)c(S(=O)(=O)Nc3cccc(O)c3)c2)cc1. The van der Waals surface area contributed by atoms with E-state index in [2.05, 4.69) is 4.72 Å². The lowest BCUT2D eigenvalue weighted by atomic mass is 10.0. The Morgan fingerprint density at radius 3 is 2.24 bits per heavy atom. The van der Waals surface area contributed by atoms with E-state index in [1.807, 2.05) is 31.2 Å². The summed E-state index contributed by atoms with van der Waals surface area (Å²) in [6.45, 7) is 3.69. The topological polar surface area (TPSA) is 83.5 Å². The van der Waals surface area contributed by atoms with Crippen LogP contribution in [0.3, 0.4) is 0 Å². The van der Waals surface area contributed by atoms with Gasteiger partial charge in [-0.15, -0.1) is 0 Å². The molecule has 0 aliphatic rings. The summed E-state index contributed by atoms with van der Waals surface area (Å²) >= 11 is 0. The fraction of sp³-hybridized carbons (Fsp3) is 0.174. The molecule has 3 rings (SSSR count). The molecule has 2 N–H and O–H groups in total. The maximum atomic E-state index is 12.8. The first-order valence-corrected chi connectivity index (χ1v) is 10.7. The standard InChI is InChI=1S/C23H23NO4S/c1-16-6-9-18(10-7-16)12-22(26)13-19-11-8-17(2)23(14-19)29(27,28)24-20-4-3-5-21(25)15-20/h3-11,14-15,24-25H,12-13H2,1-2H3. The van der Waals surface area contributed by atoms with Crippen molar-refractivity contribution in [2.75, 3.05) is 4.72 Å². The molecule has 3 aromatic carbocycles. The smallest absolute Gasteiger partial charge is 0.262 e. The van der Waals surface area contributed by atoms with Crippen molar-refractivity contribution in [3.05, 3.63) is 89.0 Å². The number of hydrogen-bond acceptors (Lipinski definition) is 4. The van der Waals surface area contributed by atoms with E-state index in [1.54, 1.807) is 31.2 Å². The summed E-state index contributed by atoms with van der Waals surface area (Å²) in [6, 6.07) is 18.7. The minimum Gasteiger partial charge on any atom is -0.508 e. The molecule has 0 aliphatic heterocycles. The summed E-state index contributed by atoms with van der Waals surface area (Å²) in [4.78, 5) is 12.6. The molecule has 0 bridgehead atoms. The molecule has 6 heteroatoms. The fourth-order valence-electron chi connectivity index (χ4n) is 3.05. The minimum absolute atomic E-state index is 0.0157. The molecule has 0 aliphatic carbocycles. The summed E-state index contributed by atoms with van der Waals surface area (Å²) in [5, 5.41) is 9.54. The Morgan fingerprint density at radius 1 is 0.897 bits per heavy atom. The molecule has 0 spiro atoms. The number of rotatable bonds is 7. The second kappa shape index (κ2) is 8.49. The Labute approximate surface area is 171 Å². The van der Waals surface area contributed by atoms with Crippen molar-refractivity contribution in [1.82, 2.24) is 0 Å². The Bertz CT molecular complexity index is 1140. The number of aromatic hydroxyl groups is 1. The number of hydrogen-bond donors (Lipinski definition) is 2. The van der Waals surface area contributed by atoms with Crippen LogP contribution in [0.2, 0.25) is 0 Å². The maximum absolute atomic E-state index is 12.8. The third kappa shape index (κ3) is 5.45. The largest absolute Gasteiger partial charge is 0.508 e. The van der Waals surface area contributed by atoms with Gasteiger partial charge in [0, 0.05) is 18.9 Å². The number of aryl methyl sites for hydroxylation is 2. The zero-order chi connectivity index (χ0) is 21.0. The normalized spacial score (nSPS) is 11.2. The van der Waals surface area contributed by atoms with Crippen molar-refractivity contribution in [2.24, 2.45) is 0 Å². The van der Waals surface area contributed by atoms with Crippen LogP contribution in [0.25, 0.3) is 0 Å². The molecule has 0 fully saturated rings. The van der Waals surface area contributed by atoms with Gasteiger partial charge in [-0.3, -0.25) is 9.52 Å². The van der Waals surface area contributed by atoms with Crippen LogP contribution in [-0.4, -0.2) is 19.3 Å². The van der Waals surface area contributed by atoms with Gasteiger partial charge in [0.15, 0.2) is 0 Å². The molecular weight excluding hydrogens is 386 g/mol. The number of Topliss-reactive ketones (excluding diaryl/α,β-unsaturated/α-hetero) is 1. The Balaban J connectivity index is 1.78. The second-order valence-electron chi connectivity index (χ2n) is 7.13. The number of carbonyl (C=O) groups excluding carboxylic acids is 1. The van der Waals surface area contributed by atoms with E-state index in [9.17, 15) is 18.3 Å². The van der Waals surface area contributed by atoms with Gasteiger partial charge in [-0.1, -0.05) is 48.0 Å². The molecule has 0 radical (unpaired) electrons. The lowest BCUT2D eigenvalue weighted by Crippen LogP contribution is -2.15. The average Bonchev–Trinajstić information content (AvgIpc) is 2.65. The number of anilines is 1. The van der Waals surface area contributed by atoms with Crippen LogP contribution in [0.1, 0.15) is 22.3 Å². The lowest BCUT2D eigenvalue weighted by Gasteiger charge is -2.12. The van der Waals surface area contributed by atoms with Crippen molar-refractivity contribution >= 4 is 21.5 Å². The van der Waals surface area contributed by atoms with E-state index in [1.165, 1.54) is 18.2 Å². The zero-order valence-electron chi connectivity index (χ0n) is 16.3. The van der Waals surface area contributed by atoms with Gasteiger partial charge in [0.05, 0.1) is 10.6 Å². The van der Waals surface area contributed by atoms with Gasteiger partial charge in [0.1, 0.15) is 11.5 Å². The molecule has 0 amide bonds. The van der Waals surface area contributed by atoms with Crippen LogP contribution in [-0.2, 0) is 27.7 Å². The predicted octanol–water partition coefficient (Wildman–Crippen LogP) is 4.16. The van der Waals surface area contributed by atoms with Crippen molar-refractivity contribution in [3.63, 3.8) is 0 Å². The summed E-state index contributed by atoms with van der Waals surface area (Å²) in [6.07, 6.45) is 0.459. The van der Waals surface area contributed by atoms with E-state index in [0.29, 0.717) is 17.5 Å². The van der Waals surface area contributed by atoms with Crippen LogP contribution in [0.5, 0.6) is 5.75 Å². The molecule has 0 aromatic heterocycles. The number of ketones is 1. The van der Waals surface area contributed by atoms with E-state index >= 15 is 0 Å². The number of sulfonamides is 1. The molecule has 29 heavy (non-hydrogen) atoms. The van der Waals surface area contributed by atoms with Gasteiger partial charge >= 0.3 is 0 Å². The van der Waals surface area contributed by atoms with Gasteiger partial charge in [0.2, 0.25) is 0 Å². The number of benzene rings is 3. The van der Waals surface area contributed by atoms with Crippen LogP contribution >= 0.6 is 0 Å². The van der Waals surface area contributed by atoms with Crippen LogP contribution in [0, 0.1) is 13.8 Å². The number of phenolic OH excluding ortho intramolecular Hbond substituents is 1. The average molecular weight is 410 g/mol. The van der Waals surface area contributed by atoms with Gasteiger partial charge in [-0.2, -0.15) is 0 Å². The number of carbonyl (C=O) groups is 1. The second-order valence-corrected chi connectivity index (χ2v) is 8.78. The maximum Gasteiger partial charge on any atom is 0.262 e. The Hall–Kier alpha value is -3.12. The first kappa shape index (κ1) is 20.6. The van der Waals surface area contributed by atoms with Crippen LogP contribution in [0.4, 0.5) is 5.69 Å². The molecule has 0 saturated carbocycles. The number of nitrogens with one attached hydrogen (secondary N) is 1. The number of phenols is 1.